The lowest BCUT2D eigenvalue weighted by atomic mass is 10.1. The number of carbonyl (C=O) groups excluding carboxylic acids is 3. The molecule has 0 aromatic heterocycles. The summed E-state index contributed by atoms with van der Waals surface area (Å²) >= 11 is 18.4. The van der Waals surface area contributed by atoms with Crippen molar-refractivity contribution in [3.63, 3.8) is 0 Å². The SMILES string of the molecule is Cc1ccc(Cl)cc1N1C(=O)NC(=O)/C(=C\c2ccc(OCc3cccc(Cl)c3)c(Cl)c2)C1=O. The highest BCUT2D eigenvalue weighted by Gasteiger charge is 2.37. The fraction of sp³-hybridized carbons (Fsp3) is 0.0800. The molecule has 0 radical (unpaired) electrons. The predicted molar refractivity (Wildman–Crippen MR) is 132 cm³/mol. The van der Waals surface area contributed by atoms with E-state index in [0.29, 0.717) is 31.9 Å². The molecular formula is C25H17Cl3N2O4. The molecule has 1 aliphatic heterocycles. The maximum absolute atomic E-state index is 13.1. The van der Waals surface area contributed by atoms with Crippen LogP contribution in [0.5, 0.6) is 5.75 Å². The van der Waals surface area contributed by atoms with Gasteiger partial charge in [0.15, 0.2) is 0 Å². The molecule has 3 aromatic carbocycles. The molecule has 3 aromatic rings. The average Bonchev–Trinajstić information content (AvgIpc) is 2.78. The Labute approximate surface area is 210 Å². The summed E-state index contributed by atoms with van der Waals surface area (Å²) in [6, 6.07) is 16.1. The minimum atomic E-state index is -0.847. The highest BCUT2D eigenvalue weighted by Crippen LogP contribution is 2.30. The van der Waals surface area contributed by atoms with Gasteiger partial charge in [-0.3, -0.25) is 14.9 Å². The zero-order valence-electron chi connectivity index (χ0n) is 17.8. The Hall–Kier alpha value is -3.32. The van der Waals surface area contributed by atoms with Crippen LogP contribution in [-0.2, 0) is 16.2 Å². The lowest BCUT2D eigenvalue weighted by Crippen LogP contribution is -2.54. The quantitative estimate of drug-likeness (QED) is 0.324. The first-order chi connectivity index (χ1) is 16.2. The number of nitrogens with one attached hydrogen (secondary N) is 1. The van der Waals surface area contributed by atoms with Crippen molar-refractivity contribution in [3.8, 4) is 5.75 Å². The maximum Gasteiger partial charge on any atom is 0.335 e. The number of carbonyl (C=O) groups is 3. The summed E-state index contributed by atoms with van der Waals surface area (Å²) in [6.07, 6.45) is 1.36. The zero-order chi connectivity index (χ0) is 24.4. The number of anilines is 1. The highest BCUT2D eigenvalue weighted by atomic mass is 35.5. The number of urea groups is 1. The lowest BCUT2D eigenvalue weighted by molar-refractivity contribution is -0.122. The van der Waals surface area contributed by atoms with Gasteiger partial charge in [-0.1, -0.05) is 59.1 Å². The van der Waals surface area contributed by atoms with Gasteiger partial charge in [0.2, 0.25) is 0 Å². The molecule has 9 heteroatoms. The van der Waals surface area contributed by atoms with E-state index < -0.39 is 17.8 Å². The van der Waals surface area contributed by atoms with Crippen LogP contribution in [-0.4, -0.2) is 17.8 Å². The van der Waals surface area contributed by atoms with Crippen LogP contribution in [0.4, 0.5) is 10.5 Å². The number of hydrogen-bond acceptors (Lipinski definition) is 4. The second-order valence-corrected chi connectivity index (χ2v) is 8.78. The number of nitrogens with zero attached hydrogens (tertiary/aromatic N) is 1. The van der Waals surface area contributed by atoms with E-state index in [1.807, 2.05) is 12.1 Å². The molecule has 0 spiro atoms. The predicted octanol–water partition coefficient (Wildman–Crippen LogP) is 6.20. The Kier molecular flexibility index (Phi) is 6.93. The molecule has 4 amide bonds. The molecule has 1 aliphatic rings. The molecule has 0 aliphatic carbocycles. The number of aryl methyl sites for hydroxylation is 1. The molecule has 1 N–H and O–H groups in total. The third-order valence-corrected chi connectivity index (χ3v) is 5.83. The smallest absolute Gasteiger partial charge is 0.335 e. The van der Waals surface area contributed by atoms with Gasteiger partial charge in [0, 0.05) is 10.0 Å². The normalized spacial score (nSPS) is 15.0. The zero-order valence-corrected chi connectivity index (χ0v) is 20.0. The van der Waals surface area contributed by atoms with Crippen LogP contribution in [0.15, 0.2) is 66.2 Å². The van der Waals surface area contributed by atoms with Crippen molar-refractivity contribution < 1.29 is 19.1 Å². The van der Waals surface area contributed by atoms with Gasteiger partial charge in [-0.25, -0.2) is 9.69 Å². The van der Waals surface area contributed by atoms with E-state index in [0.717, 1.165) is 10.5 Å². The summed E-state index contributed by atoms with van der Waals surface area (Å²) in [5.74, 6) is -1.14. The van der Waals surface area contributed by atoms with Crippen molar-refractivity contribution in [1.82, 2.24) is 5.32 Å². The van der Waals surface area contributed by atoms with Gasteiger partial charge < -0.3 is 4.74 Å². The molecule has 1 heterocycles. The molecule has 0 bridgehead atoms. The van der Waals surface area contributed by atoms with Gasteiger partial charge in [0.25, 0.3) is 11.8 Å². The van der Waals surface area contributed by atoms with Gasteiger partial charge in [-0.2, -0.15) is 0 Å². The Morgan fingerprint density at radius 2 is 1.71 bits per heavy atom. The summed E-state index contributed by atoms with van der Waals surface area (Å²) in [5, 5.41) is 3.43. The first kappa shape index (κ1) is 23.8. The van der Waals surface area contributed by atoms with Crippen LogP contribution < -0.4 is 15.0 Å². The first-order valence-corrected chi connectivity index (χ1v) is 11.2. The number of hydrogen-bond donors (Lipinski definition) is 1. The standard InChI is InChI=1S/C25H17Cl3N2O4/c1-14-5-7-18(27)12-21(14)30-24(32)19(23(31)29-25(30)33)10-15-6-8-22(20(28)11-15)34-13-16-3-2-4-17(26)9-16/h2-12H,13H2,1H3,(H,29,31,33)/b19-10+. The summed E-state index contributed by atoms with van der Waals surface area (Å²) in [6.45, 7) is 1.99. The van der Waals surface area contributed by atoms with Gasteiger partial charge in [0.1, 0.15) is 17.9 Å². The van der Waals surface area contributed by atoms with E-state index in [2.05, 4.69) is 5.32 Å². The first-order valence-electron chi connectivity index (χ1n) is 10.1. The van der Waals surface area contributed by atoms with E-state index >= 15 is 0 Å². The molecule has 1 saturated heterocycles. The molecular weight excluding hydrogens is 499 g/mol. The second-order valence-electron chi connectivity index (χ2n) is 7.50. The van der Waals surface area contributed by atoms with Crippen molar-refractivity contribution in [2.75, 3.05) is 4.90 Å². The van der Waals surface area contributed by atoms with Crippen molar-refractivity contribution in [2.24, 2.45) is 0 Å². The second kappa shape index (κ2) is 9.89. The van der Waals surface area contributed by atoms with Gasteiger partial charge >= 0.3 is 6.03 Å². The minimum Gasteiger partial charge on any atom is -0.487 e. The van der Waals surface area contributed by atoms with Crippen LogP contribution in [0.2, 0.25) is 15.1 Å². The molecule has 34 heavy (non-hydrogen) atoms. The van der Waals surface area contributed by atoms with E-state index in [4.69, 9.17) is 39.5 Å². The fourth-order valence-electron chi connectivity index (χ4n) is 3.38. The Morgan fingerprint density at radius 1 is 0.941 bits per heavy atom. The number of barbiturate groups is 1. The van der Waals surface area contributed by atoms with Crippen LogP contribution in [0, 0.1) is 6.92 Å². The molecule has 1 fully saturated rings. The Morgan fingerprint density at radius 3 is 2.44 bits per heavy atom. The van der Waals surface area contributed by atoms with Crippen molar-refractivity contribution in [1.29, 1.82) is 0 Å². The van der Waals surface area contributed by atoms with Gasteiger partial charge in [-0.15, -0.1) is 0 Å². The van der Waals surface area contributed by atoms with E-state index in [1.165, 1.54) is 12.1 Å². The summed E-state index contributed by atoms with van der Waals surface area (Å²) < 4.78 is 5.76. The van der Waals surface area contributed by atoms with Crippen molar-refractivity contribution >= 4 is 64.4 Å². The van der Waals surface area contributed by atoms with Crippen LogP contribution in [0.25, 0.3) is 6.08 Å². The maximum atomic E-state index is 13.1. The van der Waals surface area contributed by atoms with Crippen molar-refractivity contribution in [3.05, 3.63) is 98.0 Å². The Balaban J connectivity index is 1.59. The van der Waals surface area contributed by atoms with Crippen LogP contribution >= 0.6 is 34.8 Å². The van der Waals surface area contributed by atoms with Crippen LogP contribution in [0.3, 0.4) is 0 Å². The molecule has 0 atom stereocenters. The number of rotatable bonds is 5. The summed E-state index contributed by atoms with van der Waals surface area (Å²) in [7, 11) is 0. The number of ether oxygens (including phenoxy) is 1. The third kappa shape index (κ3) is 5.09. The molecule has 6 nitrogen and oxygen atoms in total. The van der Waals surface area contributed by atoms with E-state index in [1.54, 1.807) is 49.4 Å². The largest absolute Gasteiger partial charge is 0.487 e. The summed E-state index contributed by atoms with van der Waals surface area (Å²) in [4.78, 5) is 38.9. The molecule has 0 unspecified atom stereocenters. The minimum absolute atomic E-state index is 0.220. The van der Waals surface area contributed by atoms with Gasteiger partial charge in [0.05, 0.1) is 10.7 Å². The third-order valence-electron chi connectivity index (χ3n) is 5.06. The number of benzene rings is 3. The summed E-state index contributed by atoms with van der Waals surface area (Å²) in [5.41, 5.74) is 2.07. The average molecular weight is 516 g/mol. The van der Waals surface area contributed by atoms with Crippen LogP contribution in [0.1, 0.15) is 16.7 Å². The lowest BCUT2D eigenvalue weighted by Gasteiger charge is -2.27. The van der Waals surface area contributed by atoms with Crippen molar-refractivity contribution in [2.45, 2.75) is 13.5 Å². The topological polar surface area (TPSA) is 75.7 Å². The van der Waals surface area contributed by atoms with E-state index in [9.17, 15) is 14.4 Å². The molecule has 0 saturated carbocycles. The van der Waals surface area contributed by atoms with E-state index in [-0.39, 0.29) is 17.9 Å². The monoisotopic (exact) mass is 514 g/mol. The Bertz CT molecular complexity index is 1350. The molecule has 172 valence electrons. The number of amides is 4. The highest BCUT2D eigenvalue weighted by molar-refractivity contribution is 6.40. The van der Waals surface area contributed by atoms with Gasteiger partial charge in [-0.05, 0) is 66.1 Å². The number of imide groups is 2. The fourth-order valence-corrected chi connectivity index (χ4v) is 4.00. The molecule has 4 rings (SSSR count). The number of halogens is 3.